The second-order valence-corrected chi connectivity index (χ2v) is 7.01. The molecular formula is C23H31N3O2. The fourth-order valence-corrected chi connectivity index (χ4v) is 3.20. The molecule has 5 nitrogen and oxygen atoms in total. The molecular weight excluding hydrogens is 350 g/mol. The number of amides is 2. The molecule has 28 heavy (non-hydrogen) atoms. The second kappa shape index (κ2) is 9.93. The molecule has 2 aromatic carbocycles. The number of benzene rings is 2. The Kier molecular flexibility index (Phi) is 7.61. The number of aryl methyl sites for hydroxylation is 2. The van der Waals surface area contributed by atoms with E-state index in [-0.39, 0.29) is 18.4 Å². The number of hydrogen-bond donors (Lipinski definition) is 1. The van der Waals surface area contributed by atoms with Crippen LogP contribution in [0.3, 0.4) is 0 Å². The third-order valence-corrected chi connectivity index (χ3v) is 4.89. The van der Waals surface area contributed by atoms with E-state index in [1.165, 1.54) is 17.4 Å². The quantitative estimate of drug-likeness (QED) is 0.756. The normalized spacial score (nSPS) is 10.5. The Morgan fingerprint density at radius 3 is 2.14 bits per heavy atom. The van der Waals surface area contributed by atoms with Gasteiger partial charge in [0.05, 0.1) is 0 Å². The van der Waals surface area contributed by atoms with Gasteiger partial charge >= 0.3 is 0 Å². The van der Waals surface area contributed by atoms with Crippen LogP contribution in [0.1, 0.15) is 37.5 Å². The lowest BCUT2D eigenvalue weighted by Crippen LogP contribution is -2.40. The van der Waals surface area contributed by atoms with E-state index in [9.17, 15) is 9.59 Å². The van der Waals surface area contributed by atoms with Crippen LogP contribution in [-0.2, 0) is 16.1 Å². The zero-order valence-corrected chi connectivity index (χ0v) is 17.6. The van der Waals surface area contributed by atoms with Crippen LogP contribution < -0.4 is 15.1 Å². The first-order valence-corrected chi connectivity index (χ1v) is 9.81. The van der Waals surface area contributed by atoms with Gasteiger partial charge in [-0.1, -0.05) is 29.8 Å². The van der Waals surface area contributed by atoms with Crippen molar-refractivity contribution in [3.8, 4) is 0 Å². The van der Waals surface area contributed by atoms with Crippen LogP contribution in [0.25, 0.3) is 0 Å². The Bertz CT molecular complexity index is 811. The minimum Gasteiger partial charge on any atom is -0.372 e. The molecule has 0 aliphatic carbocycles. The molecule has 0 saturated carbocycles. The second-order valence-electron chi connectivity index (χ2n) is 7.01. The van der Waals surface area contributed by atoms with Crippen LogP contribution in [0.15, 0.2) is 42.5 Å². The van der Waals surface area contributed by atoms with Gasteiger partial charge < -0.3 is 15.1 Å². The van der Waals surface area contributed by atoms with E-state index >= 15 is 0 Å². The van der Waals surface area contributed by atoms with E-state index in [2.05, 4.69) is 30.1 Å². The van der Waals surface area contributed by atoms with Crippen LogP contribution in [0.2, 0.25) is 0 Å². The van der Waals surface area contributed by atoms with Crippen molar-refractivity contribution in [2.75, 3.05) is 29.4 Å². The van der Waals surface area contributed by atoms with Crippen LogP contribution in [0.4, 0.5) is 11.4 Å². The standard InChI is InChI=1S/C23H31N3O2/c1-6-25(7-2)21-12-13-22(18(4)14-21)26(19(5)27)16-23(28)24-15-20-10-8-17(3)9-11-20/h8-14H,6-7,15-16H2,1-5H3,(H,24,28). The lowest BCUT2D eigenvalue weighted by atomic mass is 10.1. The Balaban J connectivity index is 2.09. The van der Waals surface area contributed by atoms with Crippen molar-refractivity contribution >= 4 is 23.2 Å². The number of carbonyl (C=O) groups excluding carboxylic acids is 2. The highest BCUT2D eigenvalue weighted by molar-refractivity contribution is 5.98. The minimum absolute atomic E-state index is 0.00660. The summed E-state index contributed by atoms with van der Waals surface area (Å²) in [5, 5.41) is 2.90. The van der Waals surface area contributed by atoms with Crippen molar-refractivity contribution in [1.29, 1.82) is 0 Å². The monoisotopic (exact) mass is 381 g/mol. The molecule has 0 saturated heterocycles. The van der Waals surface area contributed by atoms with Gasteiger partial charge in [0, 0.05) is 37.9 Å². The van der Waals surface area contributed by atoms with E-state index in [1.807, 2.05) is 50.2 Å². The highest BCUT2D eigenvalue weighted by Crippen LogP contribution is 2.26. The van der Waals surface area contributed by atoms with E-state index < -0.39 is 0 Å². The third kappa shape index (κ3) is 5.59. The van der Waals surface area contributed by atoms with Gasteiger partial charge in [-0.15, -0.1) is 0 Å². The molecule has 2 rings (SSSR count). The van der Waals surface area contributed by atoms with Gasteiger partial charge in [-0.2, -0.15) is 0 Å². The summed E-state index contributed by atoms with van der Waals surface area (Å²) in [7, 11) is 0. The van der Waals surface area contributed by atoms with Gasteiger partial charge in [-0.05, 0) is 57.0 Å². The van der Waals surface area contributed by atoms with Gasteiger partial charge in [-0.25, -0.2) is 0 Å². The van der Waals surface area contributed by atoms with E-state index in [0.29, 0.717) is 6.54 Å². The number of nitrogens with one attached hydrogen (secondary N) is 1. The van der Waals surface area contributed by atoms with Gasteiger partial charge in [-0.3, -0.25) is 9.59 Å². The van der Waals surface area contributed by atoms with Crippen molar-refractivity contribution in [2.45, 2.75) is 41.2 Å². The highest BCUT2D eigenvalue weighted by atomic mass is 16.2. The average molecular weight is 382 g/mol. The summed E-state index contributed by atoms with van der Waals surface area (Å²) in [5.74, 6) is -0.327. The van der Waals surface area contributed by atoms with Gasteiger partial charge in [0.25, 0.3) is 0 Å². The summed E-state index contributed by atoms with van der Waals surface area (Å²) >= 11 is 0. The molecule has 0 atom stereocenters. The van der Waals surface area contributed by atoms with Crippen LogP contribution >= 0.6 is 0 Å². The zero-order chi connectivity index (χ0) is 20.7. The molecule has 0 radical (unpaired) electrons. The van der Waals surface area contributed by atoms with Crippen molar-refractivity contribution in [3.63, 3.8) is 0 Å². The molecule has 0 fully saturated rings. The highest BCUT2D eigenvalue weighted by Gasteiger charge is 2.18. The smallest absolute Gasteiger partial charge is 0.240 e. The summed E-state index contributed by atoms with van der Waals surface area (Å²) in [5.41, 5.74) is 5.09. The number of nitrogens with zero attached hydrogens (tertiary/aromatic N) is 2. The summed E-state index contributed by atoms with van der Waals surface area (Å²) in [6.45, 7) is 12.0. The maximum absolute atomic E-state index is 12.4. The Hall–Kier alpha value is -2.82. The molecule has 0 aliphatic heterocycles. The molecule has 0 unspecified atom stereocenters. The first-order valence-electron chi connectivity index (χ1n) is 9.81. The number of carbonyl (C=O) groups is 2. The maximum atomic E-state index is 12.4. The van der Waals surface area contributed by atoms with Gasteiger partial charge in [0.1, 0.15) is 6.54 Å². The molecule has 0 heterocycles. The minimum atomic E-state index is -0.178. The lowest BCUT2D eigenvalue weighted by Gasteiger charge is -2.26. The lowest BCUT2D eigenvalue weighted by molar-refractivity contribution is -0.123. The topological polar surface area (TPSA) is 52.6 Å². The molecule has 0 aromatic heterocycles. The van der Waals surface area contributed by atoms with Gasteiger partial charge in [0.2, 0.25) is 11.8 Å². The number of anilines is 2. The first-order chi connectivity index (χ1) is 13.3. The molecule has 5 heteroatoms. The molecule has 2 amide bonds. The molecule has 150 valence electrons. The van der Waals surface area contributed by atoms with Crippen LogP contribution in [0.5, 0.6) is 0 Å². The fourth-order valence-electron chi connectivity index (χ4n) is 3.20. The third-order valence-electron chi connectivity index (χ3n) is 4.89. The summed E-state index contributed by atoms with van der Waals surface area (Å²) in [6, 6.07) is 14.0. The van der Waals surface area contributed by atoms with E-state index in [0.717, 1.165) is 35.6 Å². The number of hydrogen-bond acceptors (Lipinski definition) is 3. The molecule has 1 N–H and O–H groups in total. The Labute approximate surface area is 168 Å². The summed E-state index contributed by atoms with van der Waals surface area (Å²) in [4.78, 5) is 28.4. The van der Waals surface area contributed by atoms with Crippen LogP contribution in [0, 0.1) is 13.8 Å². The predicted octanol–water partition coefficient (Wildman–Crippen LogP) is 3.82. The number of rotatable bonds is 8. The maximum Gasteiger partial charge on any atom is 0.240 e. The van der Waals surface area contributed by atoms with Gasteiger partial charge in [0.15, 0.2) is 0 Å². The van der Waals surface area contributed by atoms with Crippen molar-refractivity contribution in [1.82, 2.24) is 5.32 Å². The van der Waals surface area contributed by atoms with E-state index in [4.69, 9.17) is 0 Å². The average Bonchev–Trinajstić information content (AvgIpc) is 2.67. The first kappa shape index (κ1) is 21.5. The largest absolute Gasteiger partial charge is 0.372 e. The van der Waals surface area contributed by atoms with Crippen molar-refractivity contribution < 1.29 is 9.59 Å². The Morgan fingerprint density at radius 1 is 0.964 bits per heavy atom. The summed E-state index contributed by atoms with van der Waals surface area (Å²) < 4.78 is 0. The van der Waals surface area contributed by atoms with Crippen LogP contribution in [-0.4, -0.2) is 31.4 Å². The zero-order valence-electron chi connectivity index (χ0n) is 17.6. The van der Waals surface area contributed by atoms with E-state index in [1.54, 1.807) is 0 Å². The molecule has 0 bridgehead atoms. The SMILES string of the molecule is CCN(CC)c1ccc(N(CC(=O)NCc2ccc(C)cc2)C(C)=O)c(C)c1. The Morgan fingerprint density at radius 2 is 1.61 bits per heavy atom. The molecule has 0 spiro atoms. The van der Waals surface area contributed by atoms with Crippen molar-refractivity contribution in [3.05, 3.63) is 59.2 Å². The molecule has 2 aromatic rings. The molecule has 0 aliphatic rings. The predicted molar refractivity (Wildman–Crippen MR) is 116 cm³/mol. The summed E-state index contributed by atoms with van der Waals surface area (Å²) in [6.07, 6.45) is 0. The fraction of sp³-hybridized carbons (Fsp3) is 0.391. The van der Waals surface area contributed by atoms with Crippen molar-refractivity contribution in [2.24, 2.45) is 0 Å².